The zero-order chi connectivity index (χ0) is 14.4. The molecular weight excluding hydrogens is 272 g/mol. The highest BCUT2D eigenvalue weighted by Gasteiger charge is 2.10. The van der Waals surface area contributed by atoms with Crippen LogP contribution in [0.15, 0.2) is 41.0 Å². The first-order valence-corrected chi connectivity index (χ1v) is 7.31. The second-order valence-corrected chi connectivity index (χ2v) is 5.32. The third-order valence-electron chi connectivity index (χ3n) is 3.17. The van der Waals surface area contributed by atoms with Crippen LogP contribution in [0.4, 0.5) is 5.69 Å². The molecule has 0 atom stereocenters. The monoisotopic (exact) mass is 292 g/mol. The summed E-state index contributed by atoms with van der Waals surface area (Å²) in [6.07, 6.45) is 2.83. The molecule has 1 heterocycles. The highest BCUT2D eigenvalue weighted by atomic mass is 35.5. The third kappa shape index (κ3) is 4.02. The number of hydrogen-bond donors (Lipinski definition) is 1. The molecule has 1 aromatic heterocycles. The Balaban J connectivity index is 2.13. The van der Waals surface area contributed by atoms with Crippen molar-refractivity contribution in [3.63, 3.8) is 0 Å². The molecule has 0 saturated heterocycles. The van der Waals surface area contributed by atoms with Gasteiger partial charge in [0.15, 0.2) is 0 Å². The van der Waals surface area contributed by atoms with E-state index in [1.165, 1.54) is 5.56 Å². The van der Waals surface area contributed by atoms with E-state index in [0.29, 0.717) is 0 Å². The Hall–Kier alpha value is -1.45. The molecule has 0 fully saturated rings. The molecule has 0 aliphatic heterocycles. The van der Waals surface area contributed by atoms with Gasteiger partial charge in [0, 0.05) is 24.3 Å². The van der Waals surface area contributed by atoms with Crippen molar-refractivity contribution >= 4 is 17.3 Å². The number of rotatable bonds is 7. The molecular formula is C16H21ClN2O. The Morgan fingerprint density at radius 3 is 2.85 bits per heavy atom. The van der Waals surface area contributed by atoms with Gasteiger partial charge in [-0.3, -0.25) is 0 Å². The van der Waals surface area contributed by atoms with Gasteiger partial charge in [-0.25, -0.2) is 0 Å². The molecule has 0 unspecified atom stereocenters. The van der Waals surface area contributed by atoms with Gasteiger partial charge in [0.2, 0.25) is 0 Å². The maximum absolute atomic E-state index is 6.13. The van der Waals surface area contributed by atoms with Gasteiger partial charge in [0.05, 0.1) is 12.8 Å². The van der Waals surface area contributed by atoms with E-state index in [2.05, 4.69) is 30.3 Å². The van der Waals surface area contributed by atoms with Gasteiger partial charge in [-0.2, -0.15) is 0 Å². The SMILES string of the molecule is CCCNCc1ccc(Cl)cc1N(C)Cc1ccco1. The number of benzene rings is 1. The van der Waals surface area contributed by atoms with Crippen LogP contribution in [0.5, 0.6) is 0 Å². The van der Waals surface area contributed by atoms with Crippen LogP contribution in [0, 0.1) is 0 Å². The third-order valence-corrected chi connectivity index (χ3v) is 3.41. The molecule has 1 aromatic carbocycles. The average Bonchev–Trinajstić information content (AvgIpc) is 2.93. The fourth-order valence-corrected chi connectivity index (χ4v) is 2.33. The minimum Gasteiger partial charge on any atom is -0.467 e. The van der Waals surface area contributed by atoms with Crippen LogP contribution in [0.2, 0.25) is 5.02 Å². The van der Waals surface area contributed by atoms with Gasteiger partial charge in [0.1, 0.15) is 5.76 Å². The Labute approximate surface area is 125 Å². The minimum absolute atomic E-state index is 0.730. The van der Waals surface area contributed by atoms with Crippen molar-refractivity contribution in [1.82, 2.24) is 5.32 Å². The molecule has 108 valence electrons. The van der Waals surface area contributed by atoms with Gasteiger partial charge >= 0.3 is 0 Å². The van der Waals surface area contributed by atoms with Crippen molar-refractivity contribution in [2.75, 3.05) is 18.5 Å². The van der Waals surface area contributed by atoms with Crippen molar-refractivity contribution in [3.8, 4) is 0 Å². The molecule has 0 aliphatic carbocycles. The van der Waals surface area contributed by atoms with Crippen molar-refractivity contribution in [3.05, 3.63) is 52.9 Å². The minimum atomic E-state index is 0.730. The lowest BCUT2D eigenvalue weighted by molar-refractivity contribution is 0.507. The maximum atomic E-state index is 6.13. The molecule has 2 rings (SSSR count). The molecule has 3 nitrogen and oxygen atoms in total. The number of nitrogens with zero attached hydrogens (tertiary/aromatic N) is 1. The summed E-state index contributed by atoms with van der Waals surface area (Å²) in [6.45, 7) is 4.76. The lowest BCUT2D eigenvalue weighted by Crippen LogP contribution is -2.21. The number of hydrogen-bond acceptors (Lipinski definition) is 3. The normalized spacial score (nSPS) is 10.8. The summed E-state index contributed by atoms with van der Waals surface area (Å²) in [5.41, 5.74) is 2.38. The van der Waals surface area contributed by atoms with E-state index in [0.717, 1.165) is 42.5 Å². The van der Waals surface area contributed by atoms with E-state index in [1.54, 1.807) is 6.26 Å². The molecule has 20 heavy (non-hydrogen) atoms. The Morgan fingerprint density at radius 2 is 2.15 bits per heavy atom. The van der Waals surface area contributed by atoms with Crippen LogP contribution in [-0.4, -0.2) is 13.6 Å². The summed E-state index contributed by atoms with van der Waals surface area (Å²) < 4.78 is 5.40. The number of furan rings is 1. The van der Waals surface area contributed by atoms with Crippen molar-refractivity contribution < 1.29 is 4.42 Å². The summed E-state index contributed by atoms with van der Waals surface area (Å²) >= 11 is 6.13. The zero-order valence-corrected chi connectivity index (χ0v) is 12.8. The fourth-order valence-electron chi connectivity index (χ4n) is 2.16. The lowest BCUT2D eigenvalue weighted by Gasteiger charge is -2.22. The van der Waals surface area contributed by atoms with Crippen LogP contribution in [0.3, 0.4) is 0 Å². The summed E-state index contributed by atoms with van der Waals surface area (Å²) in [7, 11) is 2.05. The summed E-state index contributed by atoms with van der Waals surface area (Å²) in [4.78, 5) is 2.16. The van der Waals surface area contributed by atoms with Crippen molar-refractivity contribution in [2.24, 2.45) is 0 Å². The van der Waals surface area contributed by atoms with Gasteiger partial charge in [0.25, 0.3) is 0 Å². The summed E-state index contributed by atoms with van der Waals surface area (Å²) in [6, 6.07) is 9.92. The van der Waals surface area contributed by atoms with Crippen LogP contribution in [-0.2, 0) is 13.1 Å². The molecule has 0 bridgehead atoms. The molecule has 2 aromatic rings. The first kappa shape index (κ1) is 14.9. The average molecular weight is 293 g/mol. The smallest absolute Gasteiger partial charge is 0.123 e. The molecule has 0 aliphatic rings. The van der Waals surface area contributed by atoms with Crippen molar-refractivity contribution in [2.45, 2.75) is 26.4 Å². The predicted octanol–water partition coefficient (Wildman–Crippen LogP) is 4.07. The Kier molecular flexibility index (Phi) is 5.50. The Morgan fingerprint density at radius 1 is 1.30 bits per heavy atom. The lowest BCUT2D eigenvalue weighted by atomic mass is 10.1. The van der Waals surface area contributed by atoms with Crippen molar-refractivity contribution in [1.29, 1.82) is 0 Å². The van der Waals surface area contributed by atoms with Crippen LogP contribution >= 0.6 is 11.6 Å². The van der Waals surface area contributed by atoms with Crippen LogP contribution in [0.25, 0.3) is 0 Å². The van der Waals surface area contributed by atoms with E-state index in [9.17, 15) is 0 Å². The summed E-state index contributed by atoms with van der Waals surface area (Å²) in [5.74, 6) is 0.944. The zero-order valence-electron chi connectivity index (χ0n) is 12.0. The van der Waals surface area contributed by atoms with Gasteiger partial charge in [-0.05, 0) is 42.8 Å². The summed E-state index contributed by atoms with van der Waals surface area (Å²) in [5, 5.41) is 4.19. The van der Waals surface area contributed by atoms with Crippen LogP contribution in [0.1, 0.15) is 24.7 Å². The predicted molar refractivity (Wildman–Crippen MR) is 84.3 cm³/mol. The van der Waals surface area contributed by atoms with E-state index < -0.39 is 0 Å². The van der Waals surface area contributed by atoms with Crippen LogP contribution < -0.4 is 10.2 Å². The van der Waals surface area contributed by atoms with Gasteiger partial charge < -0.3 is 14.6 Å². The highest BCUT2D eigenvalue weighted by Crippen LogP contribution is 2.25. The van der Waals surface area contributed by atoms with E-state index in [1.807, 2.05) is 24.3 Å². The second-order valence-electron chi connectivity index (χ2n) is 4.89. The molecule has 1 N–H and O–H groups in total. The van der Waals surface area contributed by atoms with Gasteiger partial charge in [-0.15, -0.1) is 0 Å². The molecule has 0 radical (unpaired) electrons. The van der Waals surface area contributed by atoms with Gasteiger partial charge in [-0.1, -0.05) is 24.6 Å². The topological polar surface area (TPSA) is 28.4 Å². The molecule has 0 amide bonds. The standard InChI is InChI=1S/C16H21ClN2O/c1-3-8-18-11-13-6-7-14(17)10-16(13)19(2)12-15-5-4-9-20-15/h4-7,9-10,18H,3,8,11-12H2,1-2H3. The molecule has 0 saturated carbocycles. The Bertz CT molecular complexity index is 525. The highest BCUT2D eigenvalue weighted by molar-refractivity contribution is 6.30. The fraction of sp³-hybridized carbons (Fsp3) is 0.375. The number of halogens is 1. The quantitative estimate of drug-likeness (QED) is 0.780. The van der Waals surface area contributed by atoms with E-state index >= 15 is 0 Å². The van der Waals surface area contributed by atoms with E-state index in [4.69, 9.17) is 16.0 Å². The largest absolute Gasteiger partial charge is 0.467 e. The maximum Gasteiger partial charge on any atom is 0.123 e. The molecule has 0 spiro atoms. The second kappa shape index (κ2) is 7.36. The first-order valence-electron chi connectivity index (χ1n) is 6.93. The number of anilines is 1. The molecule has 4 heteroatoms. The first-order chi connectivity index (χ1) is 9.70. The van der Waals surface area contributed by atoms with E-state index in [-0.39, 0.29) is 0 Å². The number of nitrogens with one attached hydrogen (secondary N) is 1.